The molecule has 2 unspecified atom stereocenters. The molecule has 0 heterocycles. The highest BCUT2D eigenvalue weighted by Crippen LogP contribution is 2.30. The number of nitrogens with one attached hydrogen (secondary N) is 1. The molecule has 0 radical (unpaired) electrons. The lowest BCUT2D eigenvalue weighted by atomic mass is 9.86. The summed E-state index contributed by atoms with van der Waals surface area (Å²) in [7, 11) is 2.02. The van der Waals surface area contributed by atoms with E-state index in [-0.39, 0.29) is 0 Å². The van der Waals surface area contributed by atoms with Crippen LogP contribution in [0.5, 0.6) is 0 Å². The molecule has 2 heteroatoms. The predicted molar refractivity (Wildman–Crippen MR) is 57.6 cm³/mol. The van der Waals surface area contributed by atoms with Gasteiger partial charge in [-0.1, -0.05) is 26.2 Å². The summed E-state index contributed by atoms with van der Waals surface area (Å²) >= 11 is 0. The fourth-order valence-corrected chi connectivity index (χ4v) is 2.54. The van der Waals surface area contributed by atoms with Crippen LogP contribution < -0.4 is 11.1 Å². The Kier molecular flexibility index (Phi) is 4.74. The molecule has 0 aliphatic heterocycles. The average Bonchev–Trinajstić information content (AvgIpc) is 2.65. The number of nitrogens with two attached hydrogens (primary N) is 1. The third-order valence-corrected chi connectivity index (χ3v) is 3.48. The monoisotopic (exact) mass is 184 g/mol. The maximum atomic E-state index is 6.28. The normalized spacial score (nSPS) is 23.3. The molecule has 2 atom stereocenters. The lowest BCUT2D eigenvalue weighted by Crippen LogP contribution is -2.40. The first-order valence-electron chi connectivity index (χ1n) is 5.69. The standard InChI is InChI=1S/C11H24N2/c1-3-9(8-13-2)11(12)10-6-4-5-7-10/h9-11,13H,3-8,12H2,1-2H3. The molecule has 1 fully saturated rings. The van der Waals surface area contributed by atoms with Crippen LogP contribution in [0.2, 0.25) is 0 Å². The fourth-order valence-electron chi connectivity index (χ4n) is 2.54. The molecule has 1 aliphatic carbocycles. The zero-order valence-corrected chi connectivity index (χ0v) is 9.05. The van der Waals surface area contributed by atoms with Crippen LogP contribution in [0.1, 0.15) is 39.0 Å². The number of rotatable bonds is 5. The van der Waals surface area contributed by atoms with E-state index in [0.717, 1.165) is 12.5 Å². The van der Waals surface area contributed by atoms with Gasteiger partial charge in [-0.25, -0.2) is 0 Å². The van der Waals surface area contributed by atoms with Gasteiger partial charge in [0, 0.05) is 6.04 Å². The van der Waals surface area contributed by atoms with Gasteiger partial charge in [-0.2, -0.15) is 0 Å². The molecule has 0 aromatic carbocycles. The zero-order chi connectivity index (χ0) is 9.68. The third kappa shape index (κ3) is 2.96. The molecule has 1 aliphatic rings. The third-order valence-electron chi connectivity index (χ3n) is 3.48. The van der Waals surface area contributed by atoms with Gasteiger partial charge in [0.15, 0.2) is 0 Å². The molecule has 1 saturated carbocycles. The van der Waals surface area contributed by atoms with E-state index in [9.17, 15) is 0 Å². The van der Waals surface area contributed by atoms with Crippen LogP contribution in [0.4, 0.5) is 0 Å². The Labute approximate surface area is 82.3 Å². The van der Waals surface area contributed by atoms with Gasteiger partial charge in [0.2, 0.25) is 0 Å². The number of hydrogen-bond acceptors (Lipinski definition) is 2. The van der Waals surface area contributed by atoms with Crippen molar-refractivity contribution in [2.24, 2.45) is 17.6 Å². The summed E-state index contributed by atoms with van der Waals surface area (Å²) in [6.07, 6.45) is 6.73. The zero-order valence-electron chi connectivity index (χ0n) is 9.05. The van der Waals surface area contributed by atoms with Gasteiger partial charge in [-0.15, -0.1) is 0 Å². The van der Waals surface area contributed by atoms with Gasteiger partial charge in [-0.3, -0.25) is 0 Å². The molecule has 13 heavy (non-hydrogen) atoms. The summed E-state index contributed by atoms with van der Waals surface area (Å²) in [5.74, 6) is 1.48. The molecular formula is C11H24N2. The lowest BCUT2D eigenvalue weighted by molar-refractivity contribution is 0.299. The Morgan fingerprint density at radius 3 is 2.46 bits per heavy atom. The van der Waals surface area contributed by atoms with Crippen molar-refractivity contribution in [3.8, 4) is 0 Å². The van der Waals surface area contributed by atoms with Gasteiger partial charge in [0.05, 0.1) is 0 Å². The smallest absolute Gasteiger partial charge is 0.0108 e. The van der Waals surface area contributed by atoms with E-state index in [2.05, 4.69) is 12.2 Å². The first-order valence-corrected chi connectivity index (χ1v) is 5.69. The van der Waals surface area contributed by atoms with Crippen molar-refractivity contribution in [2.75, 3.05) is 13.6 Å². The average molecular weight is 184 g/mol. The molecule has 0 spiro atoms. The Morgan fingerprint density at radius 1 is 1.38 bits per heavy atom. The highest BCUT2D eigenvalue weighted by molar-refractivity contribution is 4.83. The molecule has 2 nitrogen and oxygen atoms in total. The molecule has 0 amide bonds. The summed E-state index contributed by atoms with van der Waals surface area (Å²) in [4.78, 5) is 0. The van der Waals surface area contributed by atoms with Gasteiger partial charge in [0.1, 0.15) is 0 Å². The van der Waals surface area contributed by atoms with Crippen LogP contribution >= 0.6 is 0 Å². The highest BCUT2D eigenvalue weighted by Gasteiger charge is 2.26. The molecule has 0 saturated heterocycles. The number of hydrogen-bond donors (Lipinski definition) is 2. The van der Waals surface area contributed by atoms with E-state index in [1.54, 1.807) is 0 Å². The van der Waals surface area contributed by atoms with Gasteiger partial charge < -0.3 is 11.1 Å². The van der Waals surface area contributed by atoms with Crippen molar-refractivity contribution in [3.05, 3.63) is 0 Å². The summed E-state index contributed by atoms with van der Waals surface area (Å²) in [5.41, 5.74) is 6.28. The van der Waals surface area contributed by atoms with Gasteiger partial charge in [0.25, 0.3) is 0 Å². The molecule has 78 valence electrons. The molecule has 0 aromatic heterocycles. The summed E-state index contributed by atoms with van der Waals surface area (Å²) in [6.45, 7) is 3.32. The van der Waals surface area contributed by atoms with Gasteiger partial charge in [-0.05, 0) is 38.3 Å². The van der Waals surface area contributed by atoms with Crippen LogP contribution in [0.3, 0.4) is 0 Å². The maximum absolute atomic E-state index is 6.28. The molecule has 3 N–H and O–H groups in total. The van der Waals surface area contributed by atoms with Crippen LogP contribution in [-0.2, 0) is 0 Å². The molecule has 0 bridgehead atoms. The minimum absolute atomic E-state index is 0.431. The maximum Gasteiger partial charge on any atom is 0.0108 e. The second kappa shape index (κ2) is 5.61. The van der Waals surface area contributed by atoms with Crippen LogP contribution in [0, 0.1) is 11.8 Å². The van der Waals surface area contributed by atoms with E-state index in [0.29, 0.717) is 12.0 Å². The Balaban J connectivity index is 2.37. The molecule has 1 rings (SSSR count). The van der Waals surface area contributed by atoms with Crippen molar-refractivity contribution in [1.82, 2.24) is 5.32 Å². The van der Waals surface area contributed by atoms with Crippen molar-refractivity contribution >= 4 is 0 Å². The van der Waals surface area contributed by atoms with Crippen molar-refractivity contribution in [1.29, 1.82) is 0 Å². The van der Waals surface area contributed by atoms with Crippen molar-refractivity contribution in [2.45, 2.75) is 45.1 Å². The van der Waals surface area contributed by atoms with E-state index >= 15 is 0 Å². The Morgan fingerprint density at radius 2 is 2.00 bits per heavy atom. The summed E-state index contributed by atoms with van der Waals surface area (Å²) in [5, 5.41) is 3.24. The summed E-state index contributed by atoms with van der Waals surface area (Å²) in [6, 6.07) is 0.431. The minimum atomic E-state index is 0.431. The van der Waals surface area contributed by atoms with Crippen molar-refractivity contribution in [3.63, 3.8) is 0 Å². The van der Waals surface area contributed by atoms with Crippen LogP contribution in [-0.4, -0.2) is 19.6 Å². The topological polar surface area (TPSA) is 38.0 Å². The quantitative estimate of drug-likeness (QED) is 0.683. The van der Waals surface area contributed by atoms with Crippen molar-refractivity contribution < 1.29 is 0 Å². The van der Waals surface area contributed by atoms with Crippen LogP contribution in [0.25, 0.3) is 0 Å². The molecule has 0 aromatic rings. The van der Waals surface area contributed by atoms with E-state index in [4.69, 9.17) is 5.73 Å². The Bertz CT molecular complexity index is 130. The van der Waals surface area contributed by atoms with E-state index in [1.165, 1.54) is 32.1 Å². The predicted octanol–water partition coefficient (Wildman–Crippen LogP) is 1.75. The highest BCUT2D eigenvalue weighted by atomic mass is 14.8. The largest absolute Gasteiger partial charge is 0.327 e. The Hall–Kier alpha value is -0.0800. The van der Waals surface area contributed by atoms with Crippen LogP contribution in [0.15, 0.2) is 0 Å². The second-order valence-corrected chi connectivity index (χ2v) is 4.35. The second-order valence-electron chi connectivity index (χ2n) is 4.35. The summed E-state index contributed by atoms with van der Waals surface area (Å²) < 4.78 is 0. The van der Waals surface area contributed by atoms with E-state index < -0.39 is 0 Å². The minimum Gasteiger partial charge on any atom is -0.327 e. The lowest BCUT2D eigenvalue weighted by Gasteiger charge is -2.27. The molecular weight excluding hydrogens is 160 g/mol. The SMILES string of the molecule is CCC(CNC)C(N)C1CCCC1. The fraction of sp³-hybridized carbons (Fsp3) is 1.00. The van der Waals surface area contributed by atoms with Gasteiger partial charge >= 0.3 is 0 Å². The first kappa shape index (κ1) is 11.0. The van der Waals surface area contributed by atoms with E-state index in [1.807, 2.05) is 7.05 Å². The first-order chi connectivity index (χ1) is 6.29.